The second-order valence-corrected chi connectivity index (χ2v) is 5.61. The molecule has 23 heavy (non-hydrogen) atoms. The van der Waals surface area contributed by atoms with Crippen LogP contribution in [0, 0.1) is 13.8 Å². The highest BCUT2D eigenvalue weighted by atomic mass is 16.2. The summed E-state index contributed by atoms with van der Waals surface area (Å²) in [5, 5.41) is 5.72. The molecule has 0 aromatic heterocycles. The molecule has 0 heterocycles. The molecule has 0 aliphatic rings. The van der Waals surface area contributed by atoms with E-state index in [0.717, 1.165) is 23.2 Å². The predicted octanol–water partition coefficient (Wildman–Crippen LogP) is 3.70. The lowest BCUT2D eigenvalue weighted by atomic mass is 10.1. The number of anilines is 1. The lowest BCUT2D eigenvalue weighted by molar-refractivity contribution is 0.0953. The summed E-state index contributed by atoms with van der Waals surface area (Å²) in [5.41, 5.74) is 3.83. The van der Waals surface area contributed by atoms with Gasteiger partial charge < -0.3 is 10.6 Å². The Labute approximate surface area is 136 Å². The first-order valence-corrected chi connectivity index (χ1v) is 7.78. The van der Waals surface area contributed by atoms with Gasteiger partial charge >= 0.3 is 0 Å². The Morgan fingerprint density at radius 2 is 1.65 bits per heavy atom. The molecular formula is C19H22N2O2. The van der Waals surface area contributed by atoms with Crippen LogP contribution < -0.4 is 10.6 Å². The third-order valence-corrected chi connectivity index (χ3v) is 3.56. The van der Waals surface area contributed by atoms with Crippen molar-refractivity contribution in [1.29, 1.82) is 0 Å². The smallest absolute Gasteiger partial charge is 0.255 e. The molecule has 2 amide bonds. The van der Waals surface area contributed by atoms with Gasteiger partial charge in [0.2, 0.25) is 0 Å². The number of hydrogen-bond acceptors (Lipinski definition) is 2. The molecule has 2 N–H and O–H groups in total. The van der Waals surface area contributed by atoms with Crippen molar-refractivity contribution in [2.24, 2.45) is 0 Å². The summed E-state index contributed by atoms with van der Waals surface area (Å²) in [6.45, 7) is 6.55. The topological polar surface area (TPSA) is 58.2 Å². The molecule has 2 aromatic carbocycles. The van der Waals surface area contributed by atoms with Crippen molar-refractivity contribution in [2.75, 3.05) is 11.9 Å². The van der Waals surface area contributed by atoms with E-state index in [1.807, 2.05) is 39.0 Å². The Kier molecular flexibility index (Phi) is 5.52. The van der Waals surface area contributed by atoms with E-state index in [1.54, 1.807) is 24.3 Å². The highest BCUT2D eigenvalue weighted by molar-refractivity contribution is 6.06. The number of amides is 2. The van der Waals surface area contributed by atoms with Crippen LogP contribution in [0.2, 0.25) is 0 Å². The standard InChI is InChI=1S/C19H22N2O2/c1-4-10-20-18(22)15-6-5-7-16(12-15)19(23)21-17-11-13(2)8-9-14(17)3/h5-9,11-12H,4,10H2,1-3H3,(H,20,22)(H,21,23). The van der Waals surface area contributed by atoms with Gasteiger partial charge in [-0.2, -0.15) is 0 Å². The van der Waals surface area contributed by atoms with Crippen molar-refractivity contribution in [3.8, 4) is 0 Å². The lowest BCUT2D eigenvalue weighted by Crippen LogP contribution is -2.24. The minimum Gasteiger partial charge on any atom is -0.352 e. The minimum atomic E-state index is -0.219. The zero-order valence-corrected chi connectivity index (χ0v) is 13.8. The Hall–Kier alpha value is -2.62. The van der Waals surface area contributed by atoms with E-state index in [0.29, 0.717) is 17.7 Å². The van der Waals surface area contributed by atoms with Crippen LogP contribution in [-0.2, 0) is 0 Å². The van der Waals surface area contributed by atoms with Gasteiger partial charge in [-0.15, -0.1) is 0 Å². The van der Waals surface area contributed by atoms with Crippen molar-refractivity contribution < 1.29 is 9.59 Å². The summed E-state index contributed by atoms with van der Waals surface area (Å²) in [7, 11) is 0. The number of benzene rings is 2. The first-order valence-electron chi connectivity index (χ1n) is 7.78. The van der Waals surface area contributed by atoms with Crippen LogP contribution in [-0.4, -0.2) is 18.4 Å². The summed E-state index contributed by atoms with van der Waals surface area (Å²) in [6.07, 6.45) is 0.874. The number of nitrogens with one attached hydrogen (secondary N) is 2. The second-order valence-electron chi connectivity index (χ2n) is 5.61. The van der Waals surface area contributed by atoms with Gasteiger partial charge in [-0.3, -0.25) is 9.59 Å². The van der Waals surface area contributed by atoms with E-state index in [1.165, 1.54) is 0 Å². The average molecular weight is 310 g/mol. The number of aryl methyl sites for hydroxylation is 2. The van der Waals surface area contributed by atoms with Gasteiger partial charge in [0.05, 0.1) is 0 Å². The molecule has 0 saturated heterocycles. The van der Waals surface area contributed by atoms with Gasteiger partial charge in [0.1, 0.15) is 0 Å². The summed E-state index contributed by atoms with van der Waals surface area (Å²) in [4.78, 5) is 24.4. The molecule has 0 saturated carbocycles. The molecule has 4 nitrogen and oxygen atoms in total. The van der Waals surface area contributed by atoms with Crippen molar-refractivity contribution in [3.63, 3.8) is 0 Å². The molecular weight excluding hydrogens is 288 g/mol. The number of hydrogen-bond donors (Lipinski definition) is 2. The maximum atomic E-state index is 12.4. The quantitative estimate of drug-likeness (QED) is 0.884. The molecule has 120 valence electrons. The SMILES string of the molecule is CCCNC(=O)c1cccc(C(=O)Nc2cc(C)ccc2C)c1. The molecule has 4 heteroatoms. The minimum absolute atomic E-state index is 0.159. The van der Waals surface area contributed by atoms with Crippen molar-refractivity contribution in [2.45, 2.75) is 27.2 Å². The molecule has 0 aliphatic carbocycles. The van der Waals surface area contributed by atoms with Crippen molar-refractivity contribution in [1.82, 2.24) is 5.32 Å². The zero-order chi connectivity index (χ0) is 16.8. The molecule has 0 spiro atoms. The zero-order valence-electron chi connectivity index (χ0n) is 13.8. The monoisotopic (exact) mass is 310 g/mol. The molecule has 2 aromatic rings. The Morgan fingerprint density at radius 1 is 0.957 bits per heavy atom. The van der Waals surface area contributed by atoms with Gasteiger partial charge in [-0.1, -0.05) is 25.1 Å². The van der Waals surface area contributed by atoms with E-state index >= 15 is 0 Å². The summed E-state index contributed by atoms with van der Waals surface area (Å²) < 4.78 is 0. The van der Waals surface area contributed by atoms with Crippen LogP contribution in [0.15, 0.2) is 42.5 Å². The summed E-state index contributed by atoms with van der Waals surface area (Å²) >= 11 is 0. The fourth-order valence-corrected chi connectivity index (χ4v) is 2.21. The first kappa shape index (κ1) is 16.7. The normalized spacial score (nSPS) is 10.2. The molecule has 0 bridgehead atoms. The largest absolute Gasteiger partial charge is 0.352 e. The molecule has 0 fully saturated rings. The molecule has 0 atom stereocenters. The highest BCUT2D eigenvalue weighted by Gasteiger charge is 2.11. The van der Waals surface area contributed by atoms with Crippen LogP contribution in [0.3, 0.4) is 0 Å². The fraction of sp³-hybridized carbons (Fsp3) is 0.263. The van der Waals surface area contributed by atoms with E-state index in [4.69, 9.17) is 0 Å². The number of carbonyl (C=O) groups excluding carboxylic acids is 2. The Morgan fingerprint density at radius 3 is 2.35 bits per heavy atom. The maximum absolute atomic E-state index is 12.4. The van der Waals surface area contributed by atoms with Gasteiger partial charge in [0, 0.05) is 23.4 Å². The highest BCUT2D eigenvalue weighted by Crippen LogP contribution is 2.17. The summed E-state index contributed by atoms with van der Waals surface area (Å²) in [5.74, 6) is -0.378. The van der Waals surface area contributed by atoms with Gasteiger partial charge in [0.15, 0.2) is 0 Å². The van der Waals surface area contributed by atoms with E-state index < -0.39 is 0 Å². The van der Waals surface area contributed by atoms with Gasteiger partial charge in [-0.25, -0.2) is 0 Å². The van der Waals surface area contributed by atoms with Crippen LogP contribution in [0.5, 0.6) is 0 Å². The molecule has 0 unspecified atom stereocenters. The van der Waals surface area contributed by atoms with E-state index in [-0.39, 0.29) is 11.8 Å². The van der Waals surface area contributed by atoms with E-state index in [9.17, 15) is 9.59 Å². The molecule has 0 radical (unpaired) electrons. The predicted molar refractivity (Wildman–Crippen MR) is 92.9 cm³/mol. The van der Waals surface area contributed by atoms with Crippen molar-refractivity contribution in [3.05, 3.63) is 64.7 Å². The van der Waals surface area contributed by atoms with Gasteiger partial charge in [-0.05, 0) is 55.7 Å². The number of carbonyl (C=O) groups is 2. The van der Waals surface area contributed by atoms with Crippen LogP contribution in [0.4, 0.5) is 5.69 Å². The Bertz CT molecular complexity index is 723. The number of rotatable bonds is 5. The maximum Gasteiger partial charge on any atom is 0.255 e. The van der Waals surface area contributed by atoms with Gasteiger partial charge in [0.25, 0.3) is 11.8 Å². The summed E-state index contributed by atoms with van der Waals surface area (Å²) in [6, 6.07) is 12.7. The molecule has 2 rings (SSSR count). The second kappa shape index (κ2) is 7.58. The van der Waals surface area contributed by atoms with Crippen LogP contribution in [0.25, 0.3) is 0 Å². The van der Waals surface area contributed by atoms with E-state index in [2.05, 4.69) is 10.6 Å². The first-order chi connectivity index (χ1) is 11.0. The third-order valence-electron chi connectivity index (χ3n) is 3.56. The van der Waals surface area contributed by atoms with Crippen molar-refractivity contribution >= 4 is 17.5 Å². The Balaban J connectivity index is 2.16. The lowest BCUT2D eigenvalue weighted by Gasteiger charge is -2.10. The molecule has 0 aliphatic heterocycles. The fourth-order valence-electron chi connectivity index (χ4n) is 2.21. The van der Waals surface area contributed by atoms with Crippen LogP contribution >= 0.6 is 0 Å². The third kappa shape index (κ3) is 4.42. The van der Waals surface area contributed by atoms with Crippen LogP contribution in [0.1, 0.15) is 45.2 Å². The average Bonchev–Trinajstić information content (AvgIpc) is 2.56.